The molecule has 1 unspecified atom stereocenters. The molecule has 1 saturated heterocycles. The fourth-order valence-corrected chi connectivity index (χ4v) is 2.93. The topological polar surface area (TPSA) is 27.1 Å². The van der Waals surface area contributed by atoms with Crippen LogP contribution in [0.15, 0.2) is 22.8 Å². The first kappa shape index (κ1) is 13.0. The van der Waals surface area contributed by atoms with Gasteiger partial charge in [0, 0.05) is 22.0 Å². The zero-order valence-electron chi connectivity index (χ0n) is 10.2. The van der Waals surface area contributed by atoms with Gasteiger partial charge in [-0.05, 0) is 31.4 Å². The number of hydrogen-bond acceptors (Lipinski definition) is 2. The third kappa shape index (κ3) is 2.39. The maximum atomic E-state index is 13.0. The summed E-state index contributed by atoms with van der Waals surface area (Å²) >= 11 is 3.28. The molecule has 0 bridgehead atoms. The number of fused-ring (bicyclic) bond motifs is 1. The lowest BCUT2D eigenvalue weighted by molar-refractivity contribution is -0.0366. The Balaban J connectivity index is 2.11. The third-order valence-electron chi connectivity index (χ3n) is 3.38. The van der Waals surface area contributed by atoms with Crippen LogP contribution in [0.4, 0.5) is 8.78 Å². The van der Waals surface area contributed by atoms with E-state index in [-0.39, 0.29) is 11.8 Å². The van der Waals surface area contributed by atoms with E-state index >= 15 is 0 Å². The average Bonchev–Trinajstić information content (AvgIpc) is 2.82. The van der Waals surface area contributed by atoms with Crippen molar-refractivity contribution >= 4 is 26.8 Å². The Hall–Kier alpha value is -1.01. The van der Waals surface area contributed by atoms with Crippen molar-refractivity contribution in [2.45, 2.75) is 31.9 Å². The van der Waals surface area contributed by atoms with E-state index in [1.54, 1.807) is 4.68 Å². The van der Waals surface area contributed by atoms with E-state index in [9.17, 15) is 8.78 Å². The maximum absolute atomic E-state index is 13.0. The van der Waals surface area contributed by atoms with E-state index < -0.39 is 6.43 Å². The van der Waals surface area contributed by atoms with Crippen LogP contribution in [0.1, 0.15) is 37.5 Å². The fourth-order valence-electron chi connectivity index (χ4n) is 2.46. The van der Waals surface area contributed by atoms with Gasteiger partial charge in [-0.1, -0.05) is 15.9 Å². The van der Waals surface area contributed by atoms with Gasteiger partial charge in [-0.3, -0.25) is 0 Å². The molecule has 3 nitrogen and oxygen atoms in total. The summed E-state index contributed by atoms with van der Waals surface area (Å²) in [5.41, 5.74) is 0.697. The van der Waals surface area contributed by atoms with Crippen LogP contribution in [0.5, 0.6) is 0 Å². The molecular weight excluding hydrogens is 318 g/mol. The molecule has 1 aliphatic heterocycles. The summed E-state index contributed by atoms with van der Waals surface area (Å²) in [5.74, 6) is 0. The molecule has 1 fully saturated rings. The Morgan fingerprint density at radius 2 is 2.21 bits per heavy atom. The summed E-state index contributed by atoms with van der Waals surface area (Å²) in [6.07, 6.45) is 1.83. The van der Waals surface area contributed by atoms with Gasteiger partial charge >= 0.3 is 0 Å². The molecule has 1 aliphatic rings. The number of halogens is 3. The van der Waals surface area contributed by atoms with Crippen molar-refractivity contribution in [3.05, 3.63) is 28.4 Å². The molecule has 2 aromatic rings. The average molecular weight is 331 g/mol. The lowest BCUT2D eigenvalue weighted by Gasteiger charge is -2.23. The van der Waals surface area contributed by atoms with Crippen molar-refractivity contribution in [3.63, 3.8) is 0 Å². The summed E-state index contributed by atoms with van der Waals surface area (Å²) in [5, 5.41) is 4.73. The van der Waals surface area contributed by atoms with Gasteiger partial charge in [0.2, 0.25) is 0 Å². The highest BCUT2D eigenvalue weighted by molar-refractivity contribution is 9.10. The fraction of sp³-hybridized carbons (Fsp3) is 0.462. The molecular formula is C13H13BrF2N2O. The minimum atomic E-state index is -2.51. The molecule has 0 radical (unpaired) electrons. The summed E-state index contributed by atoms with van der Waals surface area (Å²) in [4.78, 5) is 0. The first-order valence-electron chi connectivity index (χ1n) is 6.23. The smallest absolute Gasteiger partial charge is 0.264 e. The molecule has 2 heterocycles. The molecule has 0 spiro atoms. The predicted molar refractivity (Wildman–Crippen MR) is 71.2 cm³/mol. The second-order valence-corrected chi connectivity index (χ2v) is 5.55. The molecule has 1 aromatic carbocycles. The number of ether oxygens (including phenoxy) is 1. The van der Waals surface area contributed by atoms with Crippen molar-refractivity contribution in [1.82, 2.24) is 9.78 Å². The summed E-state index contributed by atoms with van der Waals surface area (Å²) < 4.78 is 34.1. The van der Waals surface area contributed by atoms with Crippen LogP contribution in [0.3, 0.4) is 0 Å². The van der Waals surface area contributed by atoms with Gasteiger partial charge in [0.1, 0.15) is 0 Å². The van der Waals surface area contributed by atoms with Crippen molar-refractivity contribution in [2.75, 3.05) is 6.61 Å². The number of hydrogen-bond donors (Lipinski definition) is 0. The molecule has 0 saturated carbocycles. The zero-order valence-corrected chi connectivity index (χ0v) is 11.7. The number of aromatic nitrogens is 2. The lowest BCUT2D eigenvalue weighted by atomic mass is 10.1. The molecule has 1 atom stereocenters. The highest BCUT2D eigenvalue weighted by atomic mass is 79.9. The minimum absolute atomic E-state index is 0.00596. The van der Waals surface area contributed by atoms with E-state index in [4.69, 9.17) is 4.74 Å². The molecule has 0 amide bonds. The number of nitrogens with zero attached hydrogens (tertiary/aromatic N) is 2. The van der Waals surface area contributed by atoms with Crippen molar-refractivity contribution in [1.29, 1.82) is 0 Å². The molecule has 1 aromatic heterocycles. The zero-order chi connectivity index (χ0) is 13.4. The summed E-state index contributed by atoms with van der Waals surface area (Å²) in [6.45, 7) is 0.696. The summed E-state index contributed by atoms with van der Waals surface area (Å²) in [6, 6.07) is 3.26. The first-order chi connectivity index (χ1) is 9.16. The highest BCUT2D eigenvalue weighted by Crippen LogP contribution is 2.33. The Morgan fingerprint density at radius 1 is 1.37 bits per heavy atom. The largest absolute Gasteiger partial charge is 0.356 e. The van der Waals surface area contributed by atoms with Crippen LogP contribution in [-0.2, 0) is 4.74 Å². The first-order valence-corrected chi connectivity index (χ1v) is 7.02. The quantitative estimate of drug-likeness (QED) is 0.814. The number of rotatable bonds is 2. The Morgan fingerprint density at radius 3 is 2.89 bits per heavy atom. The molecule has 3 rings (SSSR count). The van der Waals surface area contributed by atoms with Crippen LogP contribution in [0.25, 0.3) is 10.9 Å². The second kappa shape index (κ2) is 5.17. The van der Waals surface area contributed by atoms with Crippen LogP contribution in [0, 0.1) is 0 Å². The maximum Gasteiger partial charge on any atom is 0.264 e. The molecule has 6 heteroatoms. The van der Waals surface area contributed by atoms with Crippen molar-refractivity contribution in [3.8, 4) is 0 Å². The van der Waals surface area contributed by atoms with E-state index in [1.165, 1.54) is 12.3 Å². The van der Waals surface area contributed by atoms with E-state index in [0.717, 1.165) is 19.3 Å². The third-order valence-corrected chi connectivity index (χ3v) is 3.83. The van der Waals surface area contributed by atoms with Gasteiger partial charge in [-0.15, -0.1) is 0 Å². The Labute approximate surface area is 117 Å². The van der Waals surface area contributed by atoms with E-state index in [0.29, 0.717) is 22.0 Å². The van der Waals surface area contributed by atoms with Crippen molar-refractivity contribution < 1.29 is 13.5 Å². The van der Waals surface area contributed by atoms with Gasteiger partial charge in [0.15, 0.2) is 6.23 Å². The standard InChI is InChI=1S/C13H13BrF2N2O/c14-8-5-9(13(15)16)10-7-17-18(11(10)6-8)12-3-1-2-4-19-12/h5-7,12-13H,1-4H2. The van der Waals surface area contributed by atoms with Gasteiger partial charge in [0.25, 0.3) is 6.43 Å². The van der Waals surface area contributed by atoms with Gasteiger partial charge < -0.3 is 4.74 Å². The molecule has 102 valence electrons. The van der Waals surface area contributed by atoms with E-state index in [2.05, 4.69) is 21.0 Å². The monoisotopic (exact) mass is 330 g/mol. The second-order valence-electron chi connectivity index (χ2n) is 4.64. The number of benzene rings is 1. The number of alkyl halides is 2. The van der Waals surface area contributed by atoms with Gasteiger partial charge in [-0.2, -0.15) is 5.10 Å². The van der Waals surface area contributed by atoms with E-state index in [1.807, 2.05) is 6.07 Å². The van der Waals surface area contributed by atoms with Crippen LogP contribution < -0.4 is 0 Å². The lowest BCUT2D eigenvalue weighted by Crippen LogP contribution is -2.18. The molecule has 19 heavy (non-hydrogen) atoms. The van der Waals surface area contributed by atoms with Gasteiger partial charge in [0.05, 0.1) is 11.7 Å². The SMILES string of the molecule is FC(F)c1cc(Br)cc2c1cnn2C1CCCCO1. The van der Waals surface area contributed by atoms with Crippen LogP contribution >= 0.6 is 15.9 Å². The minimum Gasteiger partial charge on any atom is -0.356 e. The normalized spacial score (nSPS) is 20.3. The molecule has 0 N–H and O–H groups in total. The molecule has 0 aliphatic carbocycles. The highest BCUT2D eigenvalue weighted by Gasteiger charge is 2.21. The van der Waals surface area contributed by atoms with Crippen LogP contribution in [-0.4, -0.2) is 16.4 Å². The Bertz CT molecular complexity index is 594. The van der Waals surface area contributed by atoms with Gasteiger partial charge in [-0.25, -0.2) is 13.5 Å². The predicted octanol–water partition coefficient (Wildman–Crippen LogP) is 4.44. The summed E-state index contributed by atoms with van der Waals surface area (Å²) in [7, 11) is 0. The Kier molecular flexibility index (Phi) is 3.54. The van der Waals surface area contributed by atoms with Crippen LogP contribution in [0.2, 0.25) is 0 Å². The van der Waals surface area contributed by atoms with Crippen molar-refractivity contribution in [2.24, 2.45) is 0 Å².